The summed E-state index contributed by atoms with van der Waals surface area (Å²) in [5.41, 5.74) is 8.16. The molecular formula is C16H19BrN4O. The van der Waals surface area contributed by atoms with Crippen LogP contribution in [0.1, 0.15) is 10.4 Å². The number of likely N-dealkylation sites (N-methyl/N-ethyl adjacent to an activating group) is 1. The second kappa shape index (κ2) is 7.38. The monoisotopic (exact) mass is 362 g/mol. The quantitative estimate of drug-likeness (QED) is 0.856. The van der Waals surface area contributed by atoms with Crippen LogP contribution in [-0.2, 0) is 0 Å². The summed E-state index contributed by atoms with van der Waals surface area (Å²) in [5.74, 6) is 0.368. The Morgan fingerprint density at radius 2 is 2.09 bits per heavy atom. The highest BCUT2D eigenvalue weighted by atomic mass is 79.9. The summed E-state index contributed by atoms with van der Waals surface area (Å²) in [6, 6.07) is 9.35. The minimum absolute atomic E-state index is 0.0776. The molecule has 3 N–H and O–H groups in total. The lowest BCUT2D eigenvalue weighted by Gasteiger charge is -2.11. The van der Waals surface area contributed by atoms with E-state index in [4.69, 9.17) is 5.73 Å². The predicted octanol–water partition coefficient (Wildman–Crippen LogP) is 2.38. The molecule has 1 amide bonds. The third-order valence-corrected chi connectivity index (χ3v) is 3.81. The Hall–Kier alpha value is -1.92. The lowest BCUT2D eigenvalue weighted by atomic mass is 10.0. The number of nitrogens with one attached hydrogen (secondary N) is 1. The van der Waals surface area contributed by atoms with Gasteiger partial charge in [0.1, 0.15) is 5.82 Å². The van der Waals surface area contributed by atoms with Crippen molar-refractivity contribution in [2.75, 3.05) is 32.9 Å². The smallest absolute Gasteiger partial charge is 0.251 e. The minimum Gasteiger partial charge on any atom is -0.383 e. The summed E-state index contributed by atoms with van der Waals surface area (Å²) in [5, 5.41) is 2.90. The molecule has 0 fully saturated rings. The van der Waals surface area contributed by atoms with E-state index >= 15 is 0 Å². The van der Waals surface area contributed by atoms with E-state index < -0.39 is 0 Å². The number of nitrogen functional groups attached to an aromatic ring is 1. The number of carbonyl (C=O) groups excluding carboxylic acids is 1. The van der Waals surface area contributed by atoms with Gasteiger partial charge >= 0.3 is 0 Å². The van der Waals surface area contributed by atoms with Gasteiger partial charge in [-0.2, -0.15) is 0 Å². The van der Waals surface area contributed by atoms with Crippen LogP contribution in [0.5, 0.6) is 0 Å². The number of nitrogens with two attached hydrogens (primary N) is 1. The van der Waals surface area contributed by atoms with E-state index in [2.05, 4.69) is 26.2 Å². The molecule has 2 rings (SSSR count). The molecule has 2 aromatic rings. The number of hydrogen-bond donors (Lipinski definition) is 2. The summed E-state index contributed by atoms with van der Waals surface area (Å²) in [6.07, 6.45) is 1.70. The Labute approximate surface area is 138 Å². The zero-order chi connectivity index (χ0) is 16.1. The number of rotatable bonds is 5. The van der Waals surface area contributed by atoms with Gasteiger partial charge < -0.3 is 16.0 Å². The van der Waals surface area contributed by atoms with Crippen LogP contribution in [0.2, 0.25) is 0 Å². The maximum absolute atomic E-state index is 12.2. The maximum atomic E-state index is 12.2. The molecule has 0 saturated carbocycles. The molecule has 6 heteroatoms. The average Bonchev–Trinajstić information content (AvgIpc) is 2.49. The largest absolute Gasteiger partial charge is 0.383 e. The van der Waals surface area contributed by atoms with Crippen molar-refractivity contribution >= 4 is 27.7 Å². The van der Waals surface area contributed by atoms with Gasteiger partial charge in [-0.3, -0.25) is 4.79 Å². The van der Waals surface area contributed by atoms with Gasteiger partial charge in [0, 0.05) is 30.4 Å². The van der Waals surface area contributed by atoms with Gasteiger partial charge in [0.2, 0.25) is 0 Å². The van der Waals surface area contributed by atoms with Crippen LogP contribution in [0.15, 0.2) is 41.0 Å². The first-order valence-electron chi connectivity index (χ1n) is 6.92. The fourth-order valence-corrected chi connectivity index (χ4v) is 2.29. The first-order valence-corrected chi connectivity index (χ1v) is 7.71. The Morgan fingerprint density at radius 1 is 1.32 bits per heavy atom. The zero-order valence-electron chi connectivity index (χ0n) is 12.6. The van der Waals surface area contributed by atoms with Crippen molar-refractivity contribution in [1.29, 1.82) is 0 Å². The molecule has 0 aliphatic rings. The standard InChI is InChI=1S/C16H19BrN4O/c1-21(2)7-6-19-16(22)12-5-3-4-11(8-12)13-9-14(17)15(18)20-10-13/h3-5,8-10H,6-7H2,1-2H3,(H2,18,20)(H,19,22). The predicted molar refractivity (Wildman–Crippen MR) is 92.7 cm³/mol. The Kier molecular flexibility index (Phi) is 5.51. The van der Waals surface area contributed by atoms with Crippen molar-refractivity contribution in [3.05, 3.63) is 46.6 Å². The van der Waals surface area contributed by atoms with E-state index in [0.29, 0.717) is 17.9 Å². The van der Waals surface area contributed by atoms with Crippen LogP contribution in [-0.4, -0.2) is 43.0 Å². The number of benzene rings is 1. The Morgan fingerprint density at radius 3 is 2.77 bits per heavy atom. The number of aromatic nitrogens is 1. The van der Waals surface area contributed by atoms with Crippen molar-refractivity contribution in [2.45, 2.75) is 0 Å². The summed E-state index contributed by atoms with van der Waals surface area (Å²) in [6.45, 7) is 1.42. The topological polar surface area (TPSA) is 71.2 Å². The van der Waals surface area contributed by atoms with Gasteiger partial charge in [-0.1, -0.05) is 12.1 Å². The molecule has 0 radical (unpaired) electrons. The molecule has 0 aliphatic carbocycles. The van der Waals surface area contributed by atoms with Crippen molar-refractivity contribution < 1.29 is 4.79 Å². The van der Waals surface area contributed by atoms with Crippen molar-refractivity contribution in [3.8, 4) is 11.1 Å². The minimum atomic E-state index is -0.0776. The first kappa shape index (κ1) is 16.5. The van der Waals surface area contributed by atoms with E-state index in [1.165, 1.54) is 0 Å². The van der Waals surface area contributed by atoms with Gasteiger partial charge in [-0.05, 0) is 53.8 Å². The van der Waals surface area contributed by atoms with Crippen LogP contribution >= 0.6 is 15.9 Å². The van der Waals surface area contributed by atoms with E-state index in [1.807, 2.05) is 43.3 Å². The molecule has 116 valence electrons. The summed E-state index contributed by atoms with van der Waals surface area (Å²) < 4.78 is 0.742. The van der Waals surface area contributed by atoms with Crippen LogP contribution in [0.3, 0.4) is 0 Å². The van der Waals surface area contributed by atoms with Crippen molar-refractivity contribution in [1.82, 2.24) is 15.2 Å². The number of nitrogens with zero attached hydrogens (tertiary/aromatic N) is 2. The molecule has 1 aromatic heterocycles. The second-order valence-corrected chi connectivity index (χ2v) is 6.09. The third-order valence-electron chi connectivity index (χ3n) is 3.17. The SMILES string of the molecule is CN(C)CCNC(=O)c1cccc(-c2cnc(N)c(Br)c2)c1. The number of amides is 1. The molecule has 22 heavy (non-hydrogen) atoms. The summed E-state index contributed by atoms with van der Waals surface area (Å²) in [7, 11) is 3.94. The molecule has 0 aliphatic heterocycles. The van der Waals surface area contributed by atoms with E-state index in [0.717, 1.165) is 22.1 Å². The fourth-order valence-electron chi connectivity index (χ4n) is 1.94. The van der Waals surface area contributed by atoms with Gasteiger partial charge in [0.25, 0.3) is 5.91 Å². The van der Waals surface area contributed by atoms with Crippen molar-refractivity contribution in [3.63, 3.8) is 0 Å². The average molecular weight is 363 g/mol. The molecular weight excluding hydrogens is 344 g/mol. The second-order valence-electron chi connectivity index (χ2n) is 5.23. The normalized spacial score (nSPS) is 10.7. The van der Waals surface area contributed by atoms with Gasteiger partial charge in [0.15, 0.2) is 0 Å². The number of carbonyl (C=O) groups is 1. The zero-order valence-corrected chi connectivity index (χ0v) is 14.2. The molecule has 0 saturated heterocycles. The number of hydrogen-bond acceptors (Lipinski definition) is 4. The van der Waals surface area contributed by atoms with Crippen LogP contribution < -0.4 is 11.1 Å². The number of halogens is 1. The third kappa shape index (κ3) is 4.29. The fraction of sp³-hybridized carbons (Fsp3) is 0.250. The van der Waals surface area contributed by atoms with E-state index in [1.54, 1.807) is 12.3 Å². The summed E-state index contributed by atoms with van der Waals surface area (Å²) in [4.78, 5) is 18.3. The summed E-state index contributed by atoms with van der Waals surface area (Å²) >= 11 is 3.37. The van der Waals surface area contributed by atoms with Crippen molar-refractivity contribution in [2.24, 2.45) is 0 Å². The highest BCUT2D eigenvalue weighted by Gasteiger charge is 2.08. The van der Waals surface area contributed by atoms with E-state index in [9.17, 15) is 4.79 Å². The van der Waals surface area contributed by atoms with Gasteiger partial charge in [0.05, 0.1) is 4.47 Å². The molecule has 0 bridgehead atoms. The molecule has 0 atom stereocenters. The van der Waals surface area contributed by atoms with Crippen LogP contribution in [0.4, 0.5) is 5.82 Å². The van der Waals surface area contributed by atoms with Crippen LogP contribution in [0, 0.1) is 0 Å². The molecule has 0 spiro atoms. The maximum Gasteiger partial charge on any atom is 0.251 e. The van der Waals surface area contributed by atoms with Crippen LogP contribution in [0.25, 0.3) is 11.1 Å². The molecule has 1 aromatic carbocycles. The lowest BCUT2D eigenvalue weighted by molar-refractivity contribution is 0.0951. The lowest BCUT2D eigenvalue weighted by Crippen LogP contribution is -2.31. The highest BCUT2D eigenvalue weighted by molar-refractivity contribution is 9.10. The number of pyridine rings is 1. The molecule has 1 heterocycles. The first-order chi connectivity index (χ1) is 10.5. The van der Waals surface area contributed by atoms with Gasteiger partial charge in [-0.15, -0.1) is 0 Å². The molecule has 5 nitrogen and oxygen atoms in total. The van der Waals surface area contributed by atoms with E-state index in [-0.39, 0.29) is 5.91 Å². The molecule has 0 unspecified atom stereocenters. The Balaban J connectivity index is 2.15. The Bertz CT molecular complexity index is 673. The van der Waals surface area contributed by atoms with Gasteiger partial charge in [-0.25, -0.2) is 4.98 Å². The highest BCUT2D eigenvalue weighted by Crippen LogP contribution is 2.25. The number of anilines is 1.